The Hall–Kier alpha value is -2.17. The van der Waals surface area contributed by atoms with Crippen molar-refractivity contribution in [3.63, 3.8) is 0 Å². The van der Waals surface area contributed by atoms with Gasteiger partial charge in [0, 0.05) is 6.42 Å². The number of carbonyl (C=O) groups excluding carboxylic acids is 1. The average Bonchev–Trinajstić information content (AvgIpc) is 3.20. The maximum atomic E-state index is 12.4. The number of hydrogen-bond donors (Lipinski definition) is 3. The molecular formula is C52H93NO3. The molecular weight excluding hydrogens is 687 g/mol. The van der Waals surface area contributed by atoms with Gasteiger partial charge in [-0.05, 0) is 77.0 Å². The molecule has 2 atom stereocenters. The lowest BCUT2D eigenvalue weighted by atomic mass is 10.0. The predicted molar refractivity (Wildman–Crippen MR) is 248 cm³/mol. The Labute approximate surface area is 349 Å². The largest absolute Gasteiger partial charge is 0.394 e. The highest BCUT2D eigenvalue weighted by Crippen LogP contribution is 2.15. The van der Waals surface area contributed by atoms with Gasteiger partial charge in [0.05, 0.1) is 18.8 Å². The molecule has 4 nitrogen and oxygen atoms in total. The standard InChI is InChI=1S/C52H93NO3/c1-3-5-7-9-11-13-15-17-19-21-22-23-24-25-26-27-28-29-30-32-33-35-37-39-41-43-45-47-51(55)50(49-54)53-52(56)48-46-44-42-40-38-36-34-31-20-18-16-14-12-10-8-6-4-2/h6,8,12,14,18,20,30,32,37,39,45,47,50-51,54-55H,3-5,7,9-11,13,15-17,19,21-29,31,33-36,38,40-44,46,48-49H2,1-2H3,(H,53,56)/b8-6-,14-12-,20-18-,32-30+,39-37+,47-45+. The Morgan fingerprint density at radius 2 is 0.804 bits per heavy atom. The van der Waals surface area contributed by atoms with Crippen LogP contribution in [-0.2, 0) is 4.79 Å². The molecule has 0 aromatic heterocycles. The second kappa shape index (κ2) is 47.2. The number of unbranched alkanes of at least 4 members (excludes halogenated alkanes) is 26. The molecule has 3 N–H and O–H groups in total. The number of carbonyl (C=O) groups is 1. The van der Waals surface area contributed by atoms with E-state index in [9.17, 15) is 15.0 Å². The van der Waals surface area contributed by atoms with Crippen LogP contribution >= 0.6 is 0 Å². The Morgan fingerprint density at radius 1 is 0.446 bits per heavy atom. The smallest absolute Gasteiger partial charge is 0.220 e. The highest BCUT2D eigenvalue weighted by atomic mass is 16.3. The SMILES string of the molecule is CC/C=C\C/C=C\C/C=C\CCCCCCCCCC(=O)NC(CO)C(O)/C=C/CC/C=C/CC/C=C/CCCCCCCCCCCCCCCCCCC. The van der Waals surface area contributed by atoms with E-state index in [0.29, 0.717) is 6.42 Å². The van der Waals surface area contributed by atoms with E-state index in [-0.39, 0.29) is 12.5 Å². The second-order valence-corrected chi connectivity index (χ2v) is 16.1. The Kier molecular flexibility index (Phi) is 45.4. The summed E-state index contributed by atoms with van der Waals surface area (Å²) in [5, 5.41) is 23.0. The summed E-state index contributed by atoms with van der Waals surface area (Å²) in [6.45, 7) is 4.18. The van der Waals surface area contributed by atoms with Crippen molar-refractivity contribution in [2.75, 3.05) is 6.61 Å². The zero-order valence-corrected chi connectivity index (χ0v) is 37.1. The molecule has 0 rings (SSSR count). The third-order valence-corrected chi connectivity index (χ3v) is 10.7. The lowest BCUT2D eigenvalue weighted by Crippen LogP contribution is -2.45. The average molecular weight is 780 g/mol. The fourth-order valence-electron chi connectivity index (χ4n) is 6.99. The first-order chi connectivity index (χ1) is 27.7. The van der Waals surface area contributed by atoms with Gasteiger partial charge in [-0.3, -0.25) is 4.79 Å². The van der Waals surface area contributed by atoms with Gasteiger partial charge in [0.1, 0.15) is 0 Å². The normalized spacial score (nSPS) is 13.6. The van der Waals surface area contributed by atoms with Crippen molar-refractivity contribution in [1.29, 1.82) is 0 Å². The maximum absolute atomic E-state index is 12.4. The predicted octanol–water partition coefficient (Wildman–Crippen LogP) is 15.5. The first-order valence-electron chi connectivity index (χ1n) is 24.2. The van der Waals surface area contributed by atoms with Gasteiger partial charge in [-0.1, -0.05) is 222 Å². The molecule has 0 aromatic rings. The van der Waals surface area contributed by atoms with Crippen LogP contribution in [0.5, 0.6) is 0 Å². The van der Waals surface area contributed by atoms with E-state index in [1.54, 1.807) is 6.08 Å². The summed E-state index contributed by atoms with van der Waals surface area (Å²) < 4.78 is 0. The van der Waals surface area contributed by atoms with Crippen molar-refractivity contribution < 1.29 is 15.0 Å². The summed E-state index contributed by atoms with van der Waals surface area (Å²) in [5.41, 5.74) is 0. The van der Waals surface area contributed by atoms with Gasteiger partial charge < -0.3 is 15.5 Å². The van der Waals surface area contributed by atoms with Crippen LogP contribution in [-0.4, -0.2) is 34.9 Å². The van der Waals surface area contributed by atoms with Crippen LogP contribution in [0.2, 0.25) is 0 Å². The molecule has 0 radical (unpaired) electrons. The molecule has 0 saturated carbocycles. The van der Waals surface area contributed by atoms with Crippen molar-refractivity contribution in [2.45, 2.75) is 244 Å². The van der Waals surface area contributed by atoms with E-state index < -0.39 is 12.1 Å². The van der Waals surface area contributed by atoms with Crippen molar-refractivity contribution in [3.8, 4) is 0 Å². The van der Waals surface area contributed by atoms with E-state index >= 15 is 0 Å². The Morgan fingerprint density at radius 3 is 1.25 bits per heavy atom. The fourth-order valence-corrected chi connectivity index (χ4v) is 6.99. The number of nitrogens with one attached hydrogen (secondary N) is 1. The van der Waals surface area contributed by atoms with Crippen LogP contribution in [0.15, 0.2) is 72.9 Å². The molecule has 4 heteroatoms. The van der Waals surface area contributed by atoms with Gasteiger partial charge in [0.25, 0.3) is 0 Å². The molecule has 0 fully saturated rings. The number of aliphatic hydroxyl groups is 2. The summed E-state index contributed by atoms with van der Waals surface area (Å²) in [4.78, 5) is 12.4. The van der Waals surface area contributed by atoms with Crippen molar-refractivity contribution in [1.82, 2.24) is 5.32 Å². The molecule has 0 bridgehead atoms. The molecule has 0 aliphatic heterocycles. The minimum absolute atomic E-state index is 0.0900. The van der Waals surface area contributed by atoms with Gasteiger partial charge in [-0.25, -0.2) is 0 Å². The summed E-state index contributed by atoms with van der Waals surface area (Å²) in [5.74, 6) is -0.0900. The zero-order chi connectivity index (χ0) is 40.7. The highest BCUT2D eigenvalue weighted by Gasteiger charge is 2.17. The van der Waals surface area contributed by atoms with Crippen molar-refractivity contribution >= 4 is 5.91 Å². The van der Waals surface area contributed by atoms with E-state index in [2.05, 4.69) is 79.9 Å². The monoisotopic (exact) mass is 780 g/mol. The van der Waals surface area contributed by atoms with Gasteiger partial charge in [-0.2, -0.15) is 0 Å². The number of allylic oxidation sites excluding steroid dienone is 11. The molecule has 0 saturated heterocycles. The number of rotatable bonds is 43. The summed E-state index contributed by atoms with van der Waals surface area (Å²) in [6, 6.07) is -0.654. The lowest BCUT2D eigenvalue weighted by Gasteiger charge is -2.19. The van der Waals surface area contributed by atoms with Gasteiger partial charge >= 0.3 is 0 Å². The maximum Gasteiger partial charge on any atom is 0.220 e. The molecule has 56 heavy (non-hydrogen) atoms. The Balaban J connectivity index is 3.62. The van der Waals surface area contributed by atoms with Crippen LogP contribution in [0, 0.1) is 0 Å². The first-order valence-corrected chi connectivity index (χ1v) is 24.2. The summed E-state index contributed by atoms with van der Waals surface area (Å²) in [7, 11) is 0. The highest BCUT2D eigenvalue weighted by molar-refractivity contribution is 5.76. The van der Waals surface area contributed by atoms with Gasteiger partial charge in [0.2, 0.25) is 5.91 Å². The van der Waals surface area contributed by atoms with Gasteiger partial charge in [-0.15, -0.1) is 0 Å². The summed E-state index contributed by atoms with van der Waals surface area (Å²) in [6.07, 6.45) is 67.5. The molecule has 0 aliphatic rings. The molecule has 0 aliphatic carbocycles. The van der Waals surface area contributed by atoms with Crippen LogP contribution in [0.4, 0.5) is 0 Å². The molecule has 1 amide bonds. The molecule has 2 unspecified atom stereocenters. The lowest BCUT2D eigenvalue weighted by molar-refractivity contribution is -0.123. The topological polar surface area (TPSA) is 69.6 Å². The van der Waals surface area contributed by atoms with Crippen LogP contribution in [0.1, 0.15) is 232 Å². The van der Waals surface area contributed by atoms with Crippen molar-refractivity contribution in [3.05, 3.63) is 72.9 Å². The minimum Gasteiger partial charge on any atom is -0.394 e. The molecule has 0 heterocycles. The number of aliphatic hydroxyl groups excluding tert-OH is 2. The van der Waals surface area contributed by atoms with Crippen molar-refractivity contribution in [2.24, 2.45) is 0 Å². The van der Waals surface area contributed by atoms with Gasteiger partial charge in [0.15, 0.2) is 0 Å². The van der Waals surface area contributed by atoms with Crippen LogP contribution in [0.3, 0.4) is 0 Å². The third-order valence-electron chi connectivity index (χ3n) is 10.7. The fraction of sp³-hybridized carbons (Fsp3) is 0.750. The zero-order valence-electron chi connectivity index (χ0n) is 37.1. The Bertz CT molecular complexity index is 977. The molecule has 0 spiro atoms. The number of hydrogen-bond acceptors (Lipinski definition) is 3. The van der Waals surface area contributed by atoms with E-state index in [0.717, 1.165) is 70.6 Å². The van der Waals surface area contributed by atoms with Crippen LogP contribution < -0.4 is 5.32 Å². The molecule has 324 valence electrons. The van der Waals surface area contributed by atoms with E-state index in [4.69, 9.17) is 0 Å². The van der Waals surface area contributed by atoms with Crippen LogP contribution in [0.25, 0.3) is 0 Å². The van der Waals surface area contributed by atoms with E-state index in [1.807, 2.05) is 6.08 Å². The third kappa shape index (κ3) is 43.0. The minimum atomic E-state index is -0.878. The second-order valence-electron chi connectivity index (χ2n) is 16.1. The van der Waals surface area contributed by atoms with E-state index in [1.165, 1.54) is 141 Å². The quantitative estimate of drug-likeness (QED) is 0.0426. The first kappa shape index (κ1) is 53.8. The summed E-state index contributed by atoms with van der Waals surface area (Å²) >= 11 is 0. The molecule has 0 aromatic carbocycles. The number of amides is 1.